The van der Waals surface area contributed by atoms with E-state index in [1.54, 1.807) is 31.5 Å². The van der Waals surface area contributed by atoms with Crippen LogP contribution >= 0.6 is 11.8 Å². The topological polar surface area (TPSA) is 75.7 Å². The third kappa shape index (κ3) is 3.07. The zero-order chi connectivity index (χ0) is 13.0. The van der Waals surface area contributed by atoms with E-state index in [9.17, 15) is 0 Å². The van der Waals surface area contributed by atoms with Crippen molar-refractivity contribution in [2.45, 2.75) is 11.0 Å². The van der Waals surface area contributed by atoms with Gasteiger partial charge >= 0.3 is 7.12 Å². The molecular formula is C11H12BNO4S. The number of benzene rings is 1. The standard InChI is InChI=1S/C11H12BNO4S/c1-16-10-3-2-9(12(14)15)6-8(10)7-18-11-13-4-5-17-11/h2-6,14-15H,7H2,1H3. The Morgan fingerprint density at radius 3 is 2.89 bits per heavy atom. The molecule has 0 bridgehead atoms. The van der Waals surface area contributed by atoms with Crippen LogP contribution in [-0.4, -0.2) is 29.3 Å². The van der Waals surface area contributed by atoms with E-state index >= 15 is 0 Å². The Bertz CT molecular complexity index is 504. The van der Waals surface area contributed by atoms with E-state index in [-0.39, 0.29) is 0 Å². The Morgan fingerprint density at radius 1 is 1.44 bits per heavy atom. The molecule has 2 aromatic rings. The van der Waals surface area contributed by atoms with Gasteiger partial charge in [-0.25, -0.2) is 4.98 Å². The summed E-state index contributed by atoms with van der Waals surface area (Å²) in [5, 5.41) is 18.8. The van der Waals surface area contributed by atoms with Gasteiger partial charge in [0.1, 0.15) is 12.0 Å². The molecule has 1 heterocycles. The van der Waals surface area contributed by atoms with Gasteiger partial charge in [-0.3, -0.25) is 0 Å². The molecule has 0 aliphatic rings. The van der Waals surface area contributed by atoms with Gasteiger partial charge in [-0.15, -0.1) is 0 Å². The molecule has 0 aliphatic heterocycles. The molecule has 18 heavy (non-hydrogen) atoms. The minimum absolute atomic E-state index is 0.429. The molecule has 0 spiro atoms. The monoisotopic (exact) mass is 265 g/mol. The molecule has 0 saturated carbocycles. The van der Waals surface area contributed by atoms with Crippen LogP contribution in [0, 0.1) is 0 Å². The van der Waals surface area contributed by atoms with Crippen molar-refractivity contribution in [3.05, 3.63) is 36.2 Å². The predicted molar refractivity (Wildman–Crippen MR) is 68.9 cm³/mol. The van der Waals surface area contributed by atoms with Crippen LogP contribution in [0.15, 0.2) is 40.3 Å². The zero-order valence-electron chi connectivity index (χ0n) is 9.74. The molecular weight excluding hydrogens is 253 g/mol. The summed E-state index contributed by atoms with van der Waals surface area (Å²) in [7, 11) is 0.0883. The number of ether oxygens (including phenoxy) is 1. The first-order valence-electron chi connectivity index (χ1n) is 5.26. The SMILES string of the molecule is COc1ccc(B(O)O)cc1CSc1ncco1. The molecule has 2 N–H and O–H groups in total. The van der Waals surface area contributed by atoms with Crippen molar-refractivity contribution >= 4 is 24.3 Å². The maximum Gasteiger partial charge on any atom is 0.488 e. The first-order chi connectivity index (χ1) is 8.70. The summed E-state index contributed by atoms with van der Waals surface area (Å²) < 4.78 is 10.3. The summed E-state index contributed by atoms with van der Waals surface area (Å²) in [5.41, 5.74) is 1.28. The Balaban J connectivity index is 2.16. The number of rotatable bonds is 5. The van der Waals surface area contributed by atoms with Gasteiger partial charge in [0.15, 0.2) is 0 Å². The van der Waals surface area contributed by atoms with E-state index in [0.717, 1.165) is 5.56 Å². The van der Waals surface area contributed by atoms with Crippen molar-refractivity contribution in [2.75, 3.05) is 7.11 Å². The quantitative estimate of drug-likeness (QED) is 0.611. The fourth-order valence-corrected chi connectivity index (χ4v) is 2.26. The Hall–Kier alpha value is -1.44. The lowest BCUT2D eigenvalue weighted by Crippen LogP contribution is -2.30. The van der Waals surface area contributed by atoms with Crippen molar-refractivity contribution in [3.63, 3.8) is 0 Å². The summed E-state index contributed by atoms with van der Waals surface area (Å²) in [5.74, 6) is 1.27. The van der Waals surface area contributed by atoms with Gasteiger partial charge < -0.3 is 19.2 Å². The second-order valence-electron chi connectivity index (χ2n) is 3.53. The molecule has 0 unspecified atom stereocenters. The highest BCUT2D eigenvalue weighted by molar-refractivity contribution is 7.98. The van der Waals surface area contributed by atoms with Gasteiger partial charge in [-0.2, -0.15) is 0 Å². The van der Waals surface area contributed by atoms with Crippen LogP contribution < -0.4 is 10.2 Å². The van der Waals surface area contributed by atoms with E-state index in [0.29, 0.717) is 22.2 Å². The first kappa shape index (κ1) is 13.0. The van der Waals surface area contributed by atoms with Crippen LogP contribution in [0.25, 0.3) is 0 Å². The maximum atomic E-state index is 9.14. The number of hydrogen-bond donors (Lipinski definition) is 2. The Kier molecular flexibility index (Phi) is 4.30. The fraction of sp³-hybridized carbons (Fsp3) is 0.182. The lowest BCUT2D eigenvalue weighted by molar-refractivity contribution is 0.410. The van der Waals surface area contributed by atoms with Gasteiger partial charge in [-0.05, 0) is 11.5 Å². The summed E-state index contributed by atoms with van der Waals surface area (Å²) in [6, 6.07) is 5.02. The van der Waals surface area contributed by atoms with Crippen molar-refractivity contribution in [3.8, 4) is 5.75 Å². The third-order valence-corrected chi connectivity index (χ3v) is 3.27. The van der Waals surface area contributed by atoms with E-state index in [1.165, 1.54) is 18.0 Å². The molecule has 0 amide bonds. The second-order valence-corrected chi connectivity index (χ2v) is 4.46. The number of thioether (sulfide) groups is 1. The predicted octanol–water partition coefficient (Wildman–Crippen LogP) is 0.655. The average Bonchev–Trinajstić information content (AvgIpc) is 2.89. The fourth-order valence-electron chi connectivity index (χ4n) is 1.49. The molecule has 1 aromatic carbocycles. The summed E-state index contributed by atoms with van der Waals surface area (Å²) >= 11 is 1.41. The molecule has 5 nitrogen and oxygen atoms in total. The lowest BCUT2D eigenvalue weighted by Gasteiger charge is -2.09. The largest absolute Gasteiger partial charge is 0.496 e. The lowest BCUT2D eigenvalue weighted by atomic mass is 9.79. The van der Waals surface area contributed by atoms with E-state index < -0.39 is 7.12 Å². The Morgan fingerprint density at radius 2 is 2.28 bits per heavy atom. The zero-order valence-corrected chi connectivity index (χ0v) is 10.6. The van der Waals surface area contributed by atoms with Crippen molar-refractivity contribution in [1.29, 1.82) is 0 Å². The van der Waals surface area contributed by atoms with E-state index in [4.69, 9.17) is 19.2 Å². The summed E-state index contributed by atoms with van der Waals surface area (Å²) in [6.07, 6.45) is 3.08. The molecule has 7 heteroatoms. The van der Waals surface area contributed by atoms with Crippen LogP contribution in [0.2, 0.25) is 0 Å². The van der Waals surface area contributed by atoms with Gasteiger partial charge in [0.2, 0.25) is 0 Å². The second kappa shape index (κ2) is 5.95. The van der Waals surface area contributed by atoms with Crippen LogP contribution in [-0.2, 0) is 5.75 Å². The highest BCUT2D eigenvalue weighted by Crippen LogP contribution is 2.26. The van der Waals surface area contributed by atoms with Gasteiger partial charge in [-0.1, -0.05) is 23.9 Å². The van der Waals surface area contributed by atoms with Gasteiger partial charge in [0, 0.05) is 11.3 Å². The molecule has 0 saturated heterocycles. The van der Waals surface area contributed by atoms with Gasteiger partial charge in [0.25, 0.3) is 5.22 Å². The van der Waals surface area contributed by atoms with Crippen molar-refractivity contribution in [1.82, 2.24) is 4.98 Å². The number of methoxy groups -OCH3 is 1. The van der Waals surface area contributed by atoms with Crippen molar-refractivity contribution in [2.24, 2.45) is 0 Å². The number of nitrogens with zero attached hydrogens (tertiary/aromatic N) is 1. The normalized spacial score (nSPS) is 10.4. The van der Waals surface area contributed by atoms with Crippen molar-refractivity contribution < 1.29 is 19.2 Å². The van der Waals surface area contributed by atoms with E-state index in [2.05, 4.69) is 4.98 Å². The van der Waals surface area contributed by atoms with Crippen LogP contribution in [0.3, 0.4) is 0 Å². The molecule has 1 aromatic heterocycles. The minimum atomic E-state index is -1.48. The molecule has 0 radical (unpaired) electrons. The highest BCUT2D eigenvalue weighted by Gasteiger charge is 2.14. The van der Waals surface area contributed by atoms with Crippen LogP contribution in [0.4, 0.5) is 0 Å². The maximum absolute atomic E-state index is 9.14. The Labute approximate surface area is 109 Å². The summed E-state index contributed by atoms with van der Waals surface area (Å²) in [6.45, 7) is 0. The molecule has 0 atom stereocenters. The first-order valence-corrected chi connectivity index (χ1v) is 6.24. The molecule has 94 valence electrons. The molecule has 0 aliphatic carbocycles. The summed E-state index contributed by atoms with van der Waals surface area (Å²) in [4.78, 5) is 4.00. The number of aromatic nitrogens is 1. The average molecular weight is 265 g/mol. The smallest absolute Gasteiger partial charge is 0.488 e. The van der Waals surface area contributed by atoms with Crippen LogP contribution in [0.1, 0.15) is 5.56 Å². The number of hydrogen-bond acceptors (Lipinski definition) is 6. The highest BCUT2D eigenvalue weighted by atomic mass is 32.2. The third-order valence-electron chi connectivity index (χ3n) is 2.36. The molecule has 2 rings (SSSR count). The van der Waals surface area contributed by atoms with Crippen LogP contribution in [0.5, 0.6) is 5.75 Å². The molecule has 0 fully saturated rings. The minimum Gasteiger partial charge on any atom is -0.496 e. The van der Waals surface area contributed by atoms with E-state index in [1.807, 2.05) is 0 Å². The van der Waals surface area contributed by atoms with Gasteiger partial charge in [0.05, 0.1) is 13.3 Å². The number of oxazole rings is 1.